The Hall–Kier alpha value is -0.780. The first-order chi connectivity index (χ1) is 7.89. The Morgan fingerprint density at radius 3 is 2.35 bits per heavy atom. The average Bonchev–Trinajstić information content (AvgIpc) is 2.25. The predicted molar refractivity (Wildman–Crippen MR) is 60.1 cm³/mol. The topological polar surface area (TPSA) is 32.3 Å². The summed E-state index contributed by atoms with van der Waals surface area (Å²) in [5.74, 6) is 0. The number of hydrogen-bond donors (Lipinski definition) is 2. The number of hydrogen-bond acceptors (Lipinski definition) is 2. The molecule has 6 heteroatoms. The van der Waals surface area contributed by atoms with Gasteiger partial charge in [-0.05, 0) is 30.7 Å². The van der Waals surface area contributed by atoms with E-state index in [-0.39, 0.29) is 0 Å². The molecule has 0 amide bonds. The van der Waals surface area contributed by atoms with Crippen LogP contribution in [0.15, 0.2) is 24.3 Å². The fourth-order valence-electron chi connectivity index (χ4n) is 1.24. The first-order valence-electron chi connectivity index (χ1n) is 5.09. The summed E-state index contributed by atoms with van der Waals surface area (Å²) in [6.45, 7) is -0.119. The van der Waals surface area contributed by atoms with E-state index in [1.165, 1.54) is 0 Å². The lowest BCUT2D eigenvalue weighted by Crippen LogP contribution is -2.38. The molecule has 0 radical (unpaired) electrons. The molecule has 0 saturated heterocycles. The number of nitrogens with one attached hydrogen (secondary N) is 1. The molecule has 0 aromatic heterocycles. The fourth-order valence-corrected chi connectivity index (χ4v) is 1.36. The molecule has 1 aromatic rings. The molecular formula is C11H13ClF3NO. The Kier molecular flexibility index (Phi) is 5.24. The highest BCUT2D eigenvalue weighted by Crippen LogP contribution is 2.19. The van der Waals surface area contributed by atoms with Crippen LogP contribution in [0.4, 0.5) is 13.2 Å². The summed E-state index contributed by atoms with van der Waals surface area (Å²) in [7, 11) is 0. The summed E-state index contributed by atoms with van der Waals surface area (Å²) in [6.07, 6.45) is -6.29. The molecule has 0 spiro atoms. The standard InChI is InChI=1S/C11H13ClF3NO/c12-9-3-1-8(2-4-9)5-6-16-7-10(17)11(13,14)15/h1-4,10,16-17H,5-7H2/t10-/m1/s1. The first kappa shape index (κ1) is 14.3. The number of benzene rings is 1. The van der Waals surface area contributed by atoms with E-state index >= 15 is 0 Å². The number of aliphatic hydroxyl groups is 1. The zero-order valence-electron chi connectivity index (χ0n) is 8.97. The SMILES string of the molecule is O[C@H](CNCCc1ccc(Cl)cc1)C(F)(F)F. The zero-order valence-corrected chi connectivity index (χ0v) is 9.72. The van der Waals surface area contributed by atoms with Gasteiger partial charge in [-0.25, -0.2) is 0 Å². The summed E-state index contributed by atoms with van der Waals surface area (Å²) in [5, 5.41) is 11.9. The van der Waals surface area contributed by atoms with Gasteiger partial charge in [-0.2, -0.15) is 13.2 Å². The lowest BCUT2D eigenvalue weighted by molar-refractivity contribution is -0.201. The third kappa shape index (κ3) is 5.39. The number of halogens is 4. The zero-order chi connectivity index (χ0) is 12.9. The molecule has 0 heterocycles. The number of rotatable bonds is 5. The Bertz CT molecular complexity index is 340. The Balaban J connectivity index is 2.23. The van der Waals surface area contributed by atoms with Crippen LogP contribution in [0, 0.1) is 0 Å². The maximum atomic E-state index is 11.9. The predicted octanol–water partition coefficient (Wildman–Crippen LogP) is 2.40. The molecule has 17 heavy (non-hydrogen) atoms. The molecule has 0 saturated carbocycles. The molecule has 2 N–H and O–H groups in total. The van der Waals surface area contributed by atoms with Crippen LogP contribution in [0.5, 0.6) is 0 Å². The van der Waals surface area contributed by atoms with Crippen molar-refractivity contribution in [2.24, 2.45) is 0 Å². The van der Waals surface area contributed by atoms with E-state index in [0.29, 0.717) is 18.0 Å². The lowest BCUT2D eigenvalue weighted by atomic mass is 10.1. The van der Waals surface area contributed by atoms with Gasteiger partial charge in [-0.3, -0.25) is 0 Å². The second-order valence-electron chi connectivity index (χ2n) is 3.64. The summed E-state index contributed by atoms with van der Waals surface area (Å²) >= 11 is 5.69. The summed E-state index contributed by atoms with van der Waals surface area (Å²) < 4.78 is 35.8. The summed E-state index contributed by atoms with van der Waals surface area (Å²) in [4.78, 5) is 0. The second-order valence-corrected chi connectivity index (χ2v) is 4.07. The minimum absolute atomic E-state index is 0.370. The van der Waals surface area contributed by atoms with Gasteiger partial charge in [0.25, 0.3) is 0 Å². The monoisotopic (exact) mass is 267 g/mol. The molecular weight excluding hydrogens is 255 g/mol. The Morgan fingerprint density at radius 2 is 1.82 bits per heavy atom. The van der Waals surface area contributed by atoms with Crippen LogP contribution >= 0.6 is 11.6 Å². The lowest BCUT2D eigenvalue weighted by Gasteiger charge is -2.14. The van der Waals surface area contributed by atoms with Crippen LogP contribution in [0.2, 0.25) is 5.02 Å². The summed E-state index contributed by atoms with van der Waals surface area (Å²) in [5.41, 5.74) is 0.975. The van der Waals surface area contributed by atoms with Crippen LogP contribution in [0.25, 0.3) is 0 Å². The highest BCUT2D eigenvalue weighted by Gasteiger charge is 2.37. The van der Waals surface area contributed by atoms with E-state index in [9.17, 15) is 13.2 Å². The normalized spacial score (nSPS) is 13.7. The van der Waals surface area contributed by atoms with Gasteiger partial charge < -0.3 is 10.4 Å². The molecule has 0 aliphatic carbocycles. The van der Waals surface area contributed by atoms with Crippen LogP contribution in [0.1, 0.15) is 5.56 Å². The van der Waals surface area contributed by atoms with Crippen LogP contribution < -0.4 is 5.32 Å². The van der Waals surface area contributed by atoms with Crippen molar-refractivity contribution in [2.75, 3.05) is 13.1 Å². The molecule has 2 nitrogen and oxygen atoms in total. The van der Waals surface area contributed by atoms with Crippen LogP contribution in [0.3, 0.4) is 0 Å². The highest BCUT2D eigenvalue weighted by atomic mass is 35.5. The highest BCUT2D eigenvalue weighted by molar-refractivity contribution is 6.30. The minimum Gasteiger partial charge on any atom is -0.382 e. The van der Waals surface area contributed by atoms with E-state index in [4.69, 9.17) is 16.7 Å². The van der Waals surface area contributed by atoms with E-state index < -0.39 is 18.8 Å². The molecule has 1 rings (SSSR count). The number of alkyl halides is 3. The van der Waals surface area contributed by atoms with E-state index in [0.717, 1.165) is 5.56 Å². The fraction of sp³-hybridized carbons (Fsp3) is 0.455. The van der Waals surface area contributed by atoms with Crippen LogP contribution in [-0.2, 0) is 6.42 Å². The molecule has 0 fully saturated rings. The van der Waals surface area contributed by atoms with Crippen molar-refractivity contribution in [1.29, 1.82) is 0 Å². The maximum Gasteiger partial charge on any atom is 0.415 e. The van der Waals surface area contributed by atoms with Gasteiger partial charge in [-0.15, -0.1) is 0 Å². The van der Waals surface area contributed by atoms with Crippen molar-refractivity contribution >= 4 is 11.6 Å². The van der Waals surface area contributed by atoms with Gasteiger partial charge in [0.15, 0.2) is 6.10 Å². The smallest absolute Gasteiger partial charge is 0.382 e. The third-order valence-corrected chi connectivity index (χ3v) is 2.47. The Morgan fingerprint density at radius 1 is 1.24 bits per heavy atom. The molecule has 0 unspecified atom stereocenters. The third-order valence-electron chi connectivity index (χ3n) is 2.22. The first-order valence-corrected chi connectivity index (χ1v) is 5.47. The average molecular weight is 268 g/mol. The molecule has 1 aromatic carbocycles. The van der Waals surface area contributed by atoms with Gasteiger partial charge in [0, 0.05) is 11.6 Å². The molecule has 96 valence electrons. The van der Waals surface area contributed by atoms with Gasteiger partial charge in [-0.1, -0.05) is 23.7 Å². The van der Waals surface area contributed by atoms with Crippen molar-refractivity contribution in [3.8, 4) is 0 Å². The van der Waals surface area contributed by atoms with Crippen molar-refractivity contribution in [3.63, 3.8) is 0 Å². The number of aliphatic hydroxyl groups excluding tert-OH is 1. The van der Waals surface area contributed by atoms with Crippen LogP contribution in [-0.4, -0.2) is 30.5 Å². The molecule has 0 bridgehead atoms. The van der Waals surface area contributed by atoms with Gasteiger partial charge in [0.1, 0.15) is 0 Å². The maximum absolute atomic E-state index is 11.9. The largest absolute Gasteiger partial charge is 0.415 e. The van der Waals surface area contributed by atoms with Crippen molar-refractivity contribution < 1.29 is 18.3 Å². The molecule has 1 atom stereocenters. The van der Waals surface area contributed by atoms with Gasteiger partial charge in [0.2, 0.25) is 0 Å². The summed E-state index contributed by atoms with van der Waals surface area (Å²) in [6, 6.07) is 7.07. The molecule has 0 aliphatic rings. The van der Waals surface area contributed by atoms with Gasteiger partial charge in [0.05, 0.1) is 0 Å². The van der Waals surface area contributed by atoms with E-state index in [2.05, 4.69) is 5.32 Å². The molecule has 0 aliphatic heterocycles. The second kappa shape index (κ2) is 6.23. The van der Waals surface area contributed by atoms with E-state index in [1.54, 1.807) is 12.1 Å². The van der Waals surface area contributed by atoms with Crippen molar-refractivity contribution in [3.05, 3.63) is 34.9 Å². The van der Waals surface area contributed by atoms with Crippen molar-refractivity contribution in [2.45, 2.75) is 18.7 Å². The Labute approximate surface area is 102 Å². The quantitative estimate of drug-likeness (QED) is 0.803. The van der Waals surface area contributed by atoms with Gasteiger partial charge >= 0.3 is 6.18 Å². The minimum atomic E-state index is -4.56. The van der Waals surface area contributed by atoms with E-state index in [1.807, 2.05) is 12.1 Å². The van der Waals surface area contributed by atoms with Crippen molar-refractivity contribution in [1.82, 2.24) is 5.32 Å².